The van der Waals surface area contributed by atoms with Gasteiger partial charge in [-0.3, -0.25) is 0 Å². The highest BCUT2D eigenvalue weighted by Crippen LogP contribution is 2.23. The topological polar surface area (TPSA) is 39.7 Å². The standard InChI is InChI=1S/C15H21NO3S/c1-17-7-8-19-10-9-18-6-5-16-14-2-3-15-13(12-14)4-11-20-15/h2-4,11-12,16H,5-10H2,1H3. The fourth-order valence-electron chi connectivity index (χ4n) is 1.81. The summed E-state index contributed by atoms with van der Waals surface area (Å²) in [5.41, 5.74) is 1.14. The Morgan fingerprint density at radius 2 is 1.80 bits per heavy atom. The molecule has 0 aliphatic heterocycles. The van der Waals surface area contributed by atoms with E-state index < -0.39 is 0 Å². The summed E-state index contributed by atoms with van der Waals surface area (Å²) in [5.74, 6) is 0. The molecule has 0 spiro atoms. The molecule has 0 unspecified atom stereocenters. The Hall–Kier alpha value is -1.14. The molecule has 4 nitrogen and oxygen atoms in total. The first-order chi connectivity index (χ1) is 9.90. The third-order valence-electron chi connectivity index (χ3n) is 2.83. The van der Waals surface area contributed by atoms with Crippen molar-refractivity contribution in [3.63, 3.8) is 0 Å². The third kappa shape index (κ3) is 5.09. The number of nitrogens with one attached hydrogen (secondary N) is 1. The van der Waals surface area contributed by atoms with Gasteiger partial charge in [-0.1, -0.05) is 0 Å². The minimum Gasteiger partial charge on any atom is -0.383 e. The SMILES string of the molecule is COCCOCCOCCNc1ccc2sccc2c1. The van der Waals surface area contributed by atoms with Crippen molar-refractivity contribution in [3.05, 3.63) is 29.6 Å². The Kier molecular flexibility index (Phi) is 6.80. The second-order valence-corrected chi connectivity index (χ2v) is 5.27. The fourth-order valence-corrected chi connectivity index (χ4v) is 2.58. The highest BCUT2D eigenvalue weighted by molar-refractivity contribution is 7.17. The summed E-state index contributed by atoms with van der Waals surface area (Å²) in [6, 6.07) is 8.55. The van der Waals surface area contributed by atoms with Crippen molar-refractivity contribution in [2.75, 3.05) is 52.0 Å². The van der Waals surface area contributed by atoms with Crippen molar-refractivity contribution in [1.29, 1.82) is 0 Å². The molecule has 0 saturated carbocycles. The Labute approximate surface area is 123 Å². The molecule has 5 heteroatoms. The fraction of sp³-hybridized carbons (Fsp3) is 0.467. The molecule has 2 rings (SSSR count). The molecule has 0 fully saturated rings. The van der Waals surface area contributed by atoms with Gasteiger partial charge in [0.25, 0.3) is 0 Å². The molecular weight excluding hydrogens is 274 g/mol. The monoisotopic (exact) mass is 295 g/mol. The van der Waals surface area contributed by atoms with Crippen LogP contribution in [-0.2, 0) is 14.2 Å². The van der Waals surface area contributed by atoms with Crippen LogP contribution in [-0.4, -0.2) is 46.7 Å². The summed E-state index contributed by atoms with van der Waals surface area (Å²) in [6.07, 6.45) is 0. The molecule has 0 saturated heterocycles. The minimum atomic E-state index is 0.615. The predicted molar refractivity (Wildman–Crippen MR) is 83.8 cm³/mol. The van der Waals surface area contributed by atoms with E-state index in [1.165, 1.54) is 10.1 Å². The first kappa shape index (κ1) is 15.3. The van der Waals surface area contributed by atoms with Crippen molar-refractivity contribution in [2.24, 2.45) is 0 Å². The van der Waals surface area contributed by atoms with Gasteiger partial charge in [0, 0.05) is 24.0 Å². The van der Waals surface area contributed by atoms with Gasteiger partial charge < -0.3 is 19.5 Å². The number of ether oxygens (including phenoxy) is 3. The average molecular weight is 295 g/mol. The minimum absolute atomic E-state index is 0.615. The van der Waals surface area contributed by atoms with Crippen LogP contribution >= 0.6 is 11.3 Å². The second kappa shape index (κ2) is 8.92. The van der Waals surface area contributed by atoms with Crippen LogP contribution in [0.15, 0.2) is 29.6 Å². The van der Waals surface area contributed by atoms with Gasteiger partial charge in [0.05, 0.1) is 33.0 Å². The van der Waals surface area contributed by atoms with Crippen molar-refractivity contribution >= 4 is 27.1 Å². The number of hydrogen-bond donors (Lipinski definition) is 1. The zero-order valence-electron chi connectivity index (χ0n) is 11.8. The van der Waals surface area contributed by atoms with Crippen molar-refractivity contribution in [1.82, 2.24) is 0 Å². The van der Waals surface area contributed by atoms with E-state index in [2.05, 4.69) is 35.0 Å². The van der Waals surface area contributed by atoms with Crippen LogP contribution in [0, 0.1) is 0 Å². The maximum atomic E-state index is 5.48. The molecule has 0 radical (unpaired) electrons. The van der Waals surface area contributed by atoms with E-state index in [-0.39, 0.29) is 0 Å². The van der Waals surface area contributed by atoms with Crippen molar-refractivity contribution in [3.8, 4) is 0 Å². The molecule has 1 aromatic carbocycles. The molecule has 20 heavy (non-hydrogen) atoms. The van der Waals surface area contributed by atoms with E-state index in [0.717, 1.165) is 12.2 Å². The largest absolute Gasteiger partial charge is 0.383 e. The number of anilines is 1. The van der Waals surface area contributed by atoms with Crippen LogP contribution in [0.4, 0.5) is 5.69 Å². The summed E-state index contributed by atoms with van der Waals surface area (Å²) >= 11 is 1.76. The van der Waals surface area contributed by atoms with Crippen molar-refractivity contribution in [2.45, 2.75) is 0 Å². The first-order valence-corrected chi connectivity index (χ1v) is 7.63. The molecule has 2 aromatic rings. The zero-order valence-corrected chi connectivity index (χ0v) is 12.6. The van der Waals surface area contributed by atoms with Crippen LogP contribution in [0.2, 0.25) is 0 Å². The van der Waals surface area contributed by atoms with E-state index in [1.54, 1.807) is 18.4 Å². The summed E-state index contributed by atoms with van der Waals surface area (Å²) in [7, 11) is 1.67. The van der Waals surface area contributed by atoms with Crippen LogP contribution in [0.3, 0.4) is 0 Å². The summed E-state index contributed by atoms with van der Waals surface area (Å²) in [4.78, 5) is 0. The lowest BCUT2D eigenvalue weighted by atomic mass is 10.2. The normalized spacial score (nSPS) is 11.1. The van der Waals surface area contributed by atoms with Gasteiger partial charge in [-0.25, -0.2) is 0 Å². The van der Waals surface area contributed by atoms with Gasteiger partial charge >= 0.3 is 0 Å². The number of thiophene rings is 1. The molecule has 0 atom stereocenters. The Balaban J connectivity index is 1.54. The van der Waals surface area contributed by atoms with E-state index in [9.17, 15) is 0 Å². The van der Waals surface area contributed by atoms with Crippen LogP contribution in [0.1, 0.15) is 0 Å². The van der Waals surface area contributed by atoms with E-state index in [4.69, 9.17) is 14.2 Å². The molecule has 110 valence electrons. The maximum absolute atomic E-state index is 5.48. The highest BCUT2D eigenvalue weighted by Gasteiger charge is 1.97. The predicted octanol–water partition coefficient (Wildman–Crippen LogP) is 2.99. The van der Waals surface area contributed by atoms with Gasteiger partial charge in [-0.05, 0) is 35.0 Å². The highest BCUT2D eigenvalue weighted by atomic mass is 32.1. The van der Waals surface area contributed by atoms with Crippen LogP contribution in [0.5, 0.6) is 0 Å². The summed E-state index contributed by atoms with van der Waals surface area (Å²) < 4.78 is 17.0. The van der Waals surface area contributed by atoms with Crippen LogP contribution < -0.4 is 5.32 Å². The number of methoxy groups -OCH3 is 1. The first-order valence-electron chi connectivity index (χ1n) is 6.76. The molecular formula is C15H21NO3S. The smallest absolute Gasteiger partial charge is 0.0701 e. The lowest BCUT2D eigenvalue weighted by Crippen LogP contribution is -2.13. The molecule has 1 aromatic heterocycles. The zero-order chi connectivity index (χ0) is 14.0. The van der Waals surface area contributed by atoms with E-state index >= 15 is 0 Å². The molecule has 0 aliphatic rings. The second-order valence-electron chi connectivity index (χ2n) is 4.32. The quantitative estimate of drug-likeness (QED) is 0.684. The Morgan fingerprint density at radius 1 is 1.00 bits per heavy atom. The molecule has 0 amide bonds. The molecule has 1 heterocycles. The van der Waals surface area contributed by atoms with Crippen molar-refractivity contribution < 1.29 is 14.2 Å². The number of rotatable bonds is 10. The van der Waals surface area contributed by atoms with E-state index in [1.807, 2.05) is 0 Å². The third-order valence-corrected chi connectivity index (χ3v) is 3.73. The van der Waals surface area contributed by atoms with Gasteiger partial charge in [0.15, 0.2) is 0 Å². The van der Waals surface area contributed by atoms with Gasteiger partial charge in [-0.2, -0.15) is 0 Å². The number of fused-ring (bicyclic) bond motifs is 1. The number of hydrogen-bond acceptors (Lipinski definition) is 5. The summed E-state index contributed by atoms with van der Waals surface area (Å²) in [5, 5.41) is 6.75. The van der Waals surface area contributed by atoms with Gasteiger partial charge in [0.2, 0.25) is 0 Å². The van der Waals surface area contributed by atoms with Gasteiger partial charge in [-0.15, -0.1) is 11.3 Å². The lowest BCUT2D eigenvalue weighted by Gasteiger charge is -2.08. The maximum Gasteiger partial charge on any atom is 0.0701 e. The van der Waals surface area contributed by atoms with Crippen LogP contribution in [0.25, 0.3) is 10.1 Å². The average Bonchev–Trinajstić information content (AvgIpc) is 2.93. The lowest BCUT2D eigenvalue weighted by molar-refractivity contribution is 0.0272. The molecule has 1 N–H and O–H groups in total. The number of benzene rings is 1. The molecule has 0 aliphatic carbocycles. The Bertz CT molecular complexity index is 501. The molecule has 0 bridgehead atoms. The van der Waals surface area contributed by atoms with Gasteiger partial charge in [0.1, 0.15) is 0 Å². The summed E-state index contributed by atoms with van der Waals surface area (Å²) in [6.45, 7) is 3.97. The Morgan fingerprint density at radius 3 is 2.65 bits per heavy atom. The van der Waals surface area contributed by atoms with E-state index in [0.29, 0.717) is 33.0 Å².